The number of aromatic nitrogens is 3. The lowest BCUT2D eigenvalue weighted by Crippen LogP contribution is -2.40. The van der Waals surface area contributed by atoms with Gasteiger partial charge < -0.3 is 24.4 Å². The molecule has 3 rings (SSSR count). The zero-order chi connectivity index (χ0) is 22.1. The molecule has 4 atom stereocenters. The third kappa shape index (κ3) is 3.65. The first kappa shape index (κ1) is 21.4. The van der Waals surface area contributed by atoms with Crippen LogP contribution in [0.3, 0.4) is 0 Å². The van der Waals surface area contributed by atoms with Crippen LogP contribution >= 0.6 is 0 Å². The smallest absolute Gasteiger partial charge is 0.415 e. The van der Waals surface area contributed by atoms with Crippen molar-refractivity contribution in [3.05, 3.63) is 31.1 Å². The summed E-state index contributed by atoms with van der Waals surface area (Å²) >= 11 is 0. The van der Waals surface area contributed by atoms with Crippen molar-refractivity contribution >= 4 is 23.4 Å². The predicted molar refractivity (Wildman–Crippen MR) is 98.4 cm³/mol. The van der Waals surface area contributed by atoms with Crippen molar-refractivity contribution in [3.63, 3.8) is 0 Å². The maximum absolute atomic E-state index is 12.0. The SMILES string of the molecule is [CH2][C@H]1O[C@@](C#N)(c2ccc3c(NC(=O)OCOC(=O)C(C)C)ncnn23)[C@H](O)[C@@H]1O. The van der Waals surface area contributed by atoms with Crippen molar-refractivity contribution in [1.82, 2.24) is 14.6 Å². The van der Waals surface area contributed by atoms with E-state index >= 15 is 0 Å². The molecule has 159 valence electrons. The summed E-state index contributed by atoms with van der Waals surface area (Å²) in [4.78, 5) is 27.3. The average molecular weight is 418 g/mol. The van der Waals surface area contributed by atoms with Crippen LogP contribution in [0.5, 0.6) is 0 Å². The summed E-state index contributed by atoms with van der Waals surface area (Å²) in [5, 5.41) is 36.5. The van der Waals surface area contributed by atoms with Crippen molar-refractivity contribution in [1.29, 1.82) is 5.26 Å². The summed E-state index contributed by atoms with van der Waals surface area (Å²) in [7, 11) is 0. The van der Waals surface area contributed by atoms with Gasteiger partial charge >= 0.3 is 12.1 Å². The minimum atomic E-state index is -1.92. The number of anilines is 1. The first-order chi connectivity index (χ1) is 14.2. The first-order valence-corrected chi connectivity index (χ1v) is 8.93. The zero-order valence-corrected chi connectivity index (χ0v) is 16.2. The molecular formula is C18H20N5O7. The van der Waals surface area contributed by atoms with Crippen LogP contribution in [0.15, 0.2) is 18.5 Å². The lowest BCUT2D eigenvalue weighted by atomic mass is 9.93. The fourth-order valence-corrected chi connectivity index (χ4v) is 2.94. The van der Waals surface area contributed by atoms with Crippen molar-refractivity contribution in [2.45, 2.75) is 37.8 Å². The highest BCUT2D eigenvalue weighted by molar-refractivity contribution is 5.88. The number of fused-ring (bicyclic) bond motifs is 1. The van der Waals surface area contributed by atoms with Crippen molar-refractivity contribution in [2.24, 2.45) is 5.92 Å². The number of nitrogens with zero attached hydrogens (tertiary/aromatic N) is 4. The molecule has 1 aliphatic heterocycles. The molecule has 0 unspecified atom stereocenters. The Balaban J connectivity index is 1.82. The number of esters is 1. The third-order valence-electron chi connectivity index (χ3n) is 4.54. The first-order valence-electron chi connectivity index (χ1n) is 8.93. The lowest BCUT2D eigenvalue weighted by molar-refractivity contribution is -0.155. The van der Waals surface area contributed by atoms with E-state index in [1.807, 2.05) is 6.07 Å². The highest BCUT2D eigenvalue weighted by Gasteiger charge is 2.56. The van der Waals surface area contributed by atoms with E-state index in [1.54, 1.807) is 13.8 Å². The zero-order valence-electron chi connectivity index (χ0n) is 16.2. The maximum Gasteiger partial charge on any atom is 0.415 e. The Morgan fingerprint density at radius 2 is 2.17 bits per heavy atom. The maximum atomic E-state index is 12.0. The Hall–Kier alpha value is -3.27. The Labute approximate surface area is 171 Å². The summed E-state index contributed by atoms with van der Waals surface area (Å²) in [6, 6.07) is 4.81. The number of rotatable bonds is 5. The van der Waals surface area contributed by atoms with Gasteiger partial charge in [0.15, 0.2) is 5.82 Å². The number of carbonyl (C=O) groups is 2. The summed E-state index contributed by atoms with van der Waals surface area (Å²) in [6.45, 7) is 6.28. The van der Waals surface area contributed by atoms with Gasteiger partial charge in [-0.25, -0.2) is 14.3 Å². The van der Waals surface area contributed by atoms with Gasteiger partial charge in [-0.2, -0.15) is 10.4 Å². The number of amides is 1. The van der Waals surface area contributed by atoms with Crippen LogP contribution in [-0.2, 0) is 24.6 Å². The van der Waals surface area contributed by atoms with Gasteiger partial charge in [0, 0.05) is 0 Å². The Morgan fingerprint density at radius 3 is 2.77 bits per heavy atom. The van der Waals surface area contributed by atoms with E-state index in [0.717, 1.165) is 6.33 Å². The molecule has 2 aromatic rings. The molecule has 0 aromatic carbocycles. The number of hydrogen-bond acceptors (Lipinski definition) is 10. The number of carbonyl (C=O) groups excluding carboxylic acids is 2. The summed E-state index contributed by atoms with van der Waals surface area (Å²) in [6.07, 6.45) is -3.81. The molecule has 0 bridgehead atoms. The van der Waals surface area contributed by atoms with Gasteiger partial charge in [0.05, 0.1) is 17.7 Å². The monoisotopic (exact) mass is 418 g/mol. The molecule has 1 saturated heterocycles. The van der Waals surface area contributed by atoms with E-state index in [-0.39, 0.29) is 22.9 Å². The van der Waals surface area contributed by atoms with Crippen LogP contribution in [0.2, 0.25) is 0 Å². The van der Waals surface area contributed by atoms with Gasteiger partial charge in [-0.3, -0.25) is 10.1 Å². The topological polar surface area (TPSA) is 168 Å². The van der Waals surface area contributed by atoms with Crippen LogP contribution < -0.4 is 5.32 Å². The third-order valence-corrected chi connectivity index (χ3v) is 4.54. The Morgan fingerprint density at radius 1 is 1.43 bits per heavy atom. The van der Waals surface area contributed by atoms with Gasteiger partial charge in [0.25, 0.3) is 0 Å². The minimum Gasteiger partial charge on any atom is -0.428 e. The number of aliphatic hydroxyl groups is 2. The average Bonchev–Trinajstić information content (AvgIpc) is 3.24. The molecule has 0 spiro atoms. The van der Waals surface area contributed by atoms with E-state index in [9.17, 15) is 25.1 Å². The number of ether oxygens (including phenoxy) is 3. The molecule has 3 N–H and O–H groups in total. The van der Waals surface area contributed by atoms with E-state index in [0.29, 0.717) is 0 Å². The van der Waals surface area contributed by atoms with Gasteiger partial charge in [0.2, 0.25) is 12.4 Å². The largest absolute Gasteiger partial charge is 0.428 e. The summed E-state index contributed by atoms with van der Waals surface area (Å²) in [5.74, 6) is -0.857. The molecule has 1 radical (unpaired) electrons. The molecule has 2 aromatic heterocycles. The Kier molecular flexibility index (Phi) is 5.88. The molecule has 12 nitrogen and oxygen atoms in total. The van der Waals surface area contributed by atoms with E-state index in [4.69, 9.17) is 14.2 Å². The fourth-order valence-electron chi connectivity index (χ4n) is 2.94. The number of nitriles is 1. The van der Waals surface area contributed by atoms with Crippen LogP contribution in [-0.4, -0.2) is 62.0 Å². The molecule has 0 saturated carbocycles. The molecule has 1 amide bonds. The van der Waals surface area contributed by atoms with Gasteiger partial charge in [-0.05, 0) is 19.1 Å². The van der Waals surface area contributed by atoms with Crippen LogP contribution in [0.25, 0.3) is 5.52 Å². The van der Waals surface area contributed by atoms with Crippen molar-refractivity contribution in [3.8, 4) is 6.07 Å². The van der Waals surface area contributed by atoms with Gasteiger partial charge in [-0.1, -0.05) is 13.8 Å². The van der Waals surface area contributed by atoms with Gasteiger partial charge in [0.1, 0.15) is 30.1 Å². The van der Waals surface area contributed by atoms with Crippen LogP contribution in [0.1, 0.15) is 19.5 Å². The molecule has 3 heterocycles. The summed E-state index contributed by atoms with van der Waals surface area (Å²) < 4.78 is 16.3. The highest BCUT2D eigenvalue weighted by Crippen LogP contribution is 2.40. The normalized spacial score (nSPS) is 25.8. The fraction of sp³-hybridized carbons (Fsp3) is 0.444. The predicted octanol–water partition coefficient (Wildman–Crippen LogP) is 0.108. The highest BCUT2D eigenvalue weighted by atomic mass is 16.7. The molecule has 1 fully saturated rings. The lowest BCUT2D eigenvalue weighted by Gasteiger charge is -2.24. The standard InChI is InChI=1S/C18H20N5O7/c1-9(2)16(26)28-8-29-17(27)22-15-11-4-5-12(23(11)21-7-20-15)18(6-19)14(25)13(24)10(3)30-18/h4-5,7,9-10,13-14,24-25H,3,8H2,1-2H3,(H,20,21,22,27)/t10-,13-,14-,18+/m1/s1. The van der Waals surface area contributed by atoms with E-state index < -0.39 is 42.8 Å². The molecule has 12 heteroatoms. The number of nitrogens with one attached hydrogen (secondary N) is 1. The van der Waals surface area contributed by atoms with Crippen molar-refractivity contribution < 1.29 is 34.0 Å². The van der Waals surface area contributed by atoms with E-state index in [1.165, 1.54) is 16.6 Å². The second-order valence-electron chi connectivity index (χ2n) is 6.86. The van der Waals surface area contributed by atoms with Crippen LogP contribution in [0.4, 0.5) is 10.6 Å². The quantitative estimate of drug-likeness (QED) is 0.447. The number of aliphatic hydroxyl groups excluding tert-OH is 2. The summed E-state index contributed by atoms with van der Waals surface area (Å²) in [5.41, 5.74) is -1.55. The van der Waals surface area contributed by atoms with E-state index in [2.05, 4.69) is 22.3 Å². The number of hydrogen-bond donors (Lipinski definition) is 3. The van der Waals surface area contributed by atoms with Crippen molar-refractivity contribution in [2.75, 3.05) is 12.1 Å². The minimum absolute atomic E-state index is 0.0312. The molecular weight excluding hydrogens is 398 g/mol. The molecule has 0 aliphatic carbocycles. The van der Waals surface area contributed by atoms with Gasteiger partial charge in [-0.15, -0.1) is 0 Å². The second kappa shape index (κ2) is 8.23. The van der Waals surface area contributed by atoms with Crippen LogP contribution in [0, 0.1) is 24.2 Å². The molecule has 1 aliphatic rings. The second-order valence-corrected chi connectivity index (χ2v) is 6.86. The molecule has 30 heavy (non-hydrogen) atoms. The Bertz CT molecular complexity index is 1000.